The van der Waals surface area contributed by atoms with Gasteiger partial charge in [0.15, 0.2) is 0 Å². The number of aromatic nitrogens is 2. The van der Waals surface area contributed by atoms with Crippen molar-refractivity contribution in [1.82, 2.24) is 10.2 Å². The Morgan fingerprint density at radius 2 is 2.38 bits per heavy atom. The highest BCUT2D eigenvalue weighted by atomic mass is 35.5. The lowest BCUT2D eigenvalue weighted by Gasteiger charge is -2.16. The van der Waals surface area contributed by atoms with E-state index in [-0.39, 0.29) is 6.04 Å². The first kappa shape index (κ1) is 11.4. The van der Waals surface area contributed by atoms with Gasteiger partial charge in [-0.2, -0.15) is 0 Å². The maximum absolute atomic E-state index is 5.97. The smallest absolute Gasteiger partial charge is 0.205 e. The number of halogens is 1. The van der Waals surface area contributed by atoms with Gasteiger partial charge in [0.25, 0.3) is 0 Å². The van der Waals surface area contributed by atoms with E-state index in [1.54, 1.807) is 5.51 Å². The summed E-state index contributed by atoms with van der Waals surface area (Å²) in [7, 11) is 0. The molecular weight excluding hydrogens is 242 g/mol. The lowest BCUT2D eigenvalue weighted by molar-refractivity contribution is 0.746. The van der Waals surface area contributed by atoms with Crippen LogP contribution in [0.3, 0.4) is 0 Å². The molecule has 2 rings (SSSR count). The molecule has 0 spiro atoms. The van der Waals surface area contributed by atoms with Crippen molar-refractivity contribution >= 4 is 28.1 Å². The molecule has 5 heteroatoms. The van der Waals surface area contributed by atoms with Crippen LogP contribution in [0.25, 0.3) is 0 Å². The molecule has 0 aliphatic carbocycles. The number of hydrogen-bond donors (Lipinski definition) is 1. The molecule has 0 aliphatic heterocycles. The number of nitrogens with zero attached hydrogens (tertiary/aromatic N) is 2. The largest absolute Gasteiger partial charge is 0.353 e. The molecule has 1 aromatic heterocycles. The molecule has 0 saturated heterocycles. The summed E-state index contributed by atoms with van der Waals surface area (Å²) >= 11 is 7.47. The summed E-state index contributed by atoms with van der Waals surface area (Å²) in [5.74, 6) is 0. The molecule has 0 saturated carbocycles. The Bertz CT molecular complexity index is 444. The van der Waals surface area contributed by atoms with Crippen LogP contribution in [0.4, 0.5) is 5.13 Å². The van der Waals surface area contributed by atoms with Gasteiger partial charge in [-0.3, -0.25) is 0 Å². The molecule has 0 radical (unpaired) electrons. The second-order valence-electron chi connectivity index (χ2n) is 3.40. The van der Waals surface area contributed by atoms with Crippen molar-refractivity contribution in [3.05, 3.63) is 40.4 Å². The minimum Gasteiger partial charge on any atom is -0.353 e. The highest BCUT2D eigenvalue weighted by Gasteiger charge is 2.10. The molecule has 1 aromatic carbocycles. The standard InChI is InChI=1S/C11H12ClN3S/c1-2-10(14-11-15-13-7-16-11)8-4-3-5-9(12)6-8/h3-7,10H,2H2,1H3,(H,14,15). The van der Waals surface area contributed by atoms with Gasteiger partial charge in [-0.1, -0.05) is 42.0 Å². The maximum Gasteiger partial charge on any atom is 0.205 e. The normalized spacial score (nSPS) is 12.4. The van der Waals surface area contributed by atoms with E-state index in [2.05, 4.69) is 28.5 Å². The van der Waals surface area contributed by atoms with Gasteiger partial charge in [0.2, 0.25) is 5.13 Å². The Kier molecular flexibility index (Phi) is 3.74. The summed E-state index contributed by atoms with van der Waals surface area (Å²) in [5, 5.41) is 12.7. The van der Waals surface area contributed by atoms with E-state index in [1.807, 2.05) is 18.2 Å². The molecule has 0 aliphatic rings. The van der Waals surface area contributed by atoms with Crippen LogP contribution in [-0.4, -0.2) is 10.2 Å². The van der Waals surface area contributed by atoms with Gasteiger partial charge in [-0.15, -0.1) is 10.2 Å². The van der Waals surface area contributed by atoms with Crippen molar-refractivity contribution in [2.45, 2.75) is 19.4 Å². The summed E-state index contributed by atoms with van der Waals surface area (Å²) in [6.45, 7) is 2.12. The first-order valence-corrected chi connectivity index (χ1v) is 6.33. The monoisotopic (exact) mass is 253 g/mol. The van der Waals surface area contributed by atoms with Crippen molar-refractivity contribution < 1.29 is 0 Å². The third kappa shape index (κ3) is 2.71. The molecule has 1 atom stereocenters. The third-order valence-corrected chi connectivity index (χ3v) is 3.17. The predicted octanol–water partition coefficient (Wildman–Crippen LogP) is 3.75. The lowest BCUT2D eigenvalue weighted by Crippen LogP contribution is -2.09. The quantitative estimate of drug-likeness (QED) is 0.902. The molecule has 0 fully saturated rings. The molecule has 1 unspecified atom stereocenters. The molecule has 0 bridgehead atoms. The van der Waals surface area contributed by atoms with Crippen molar-refractivity contribution in [2.75, 3.05) is 5.32 Å². The highest BCUT2D eigenvalue weighted by Crippen LogP contribution is 2.24. The Morgan fingerprint density at radius 1 is 1.50 bits per heavy atom. The maximum atomic E-state index is 5.97. The molecule has 2 aromatic rings. The number of rotatable bonds is 4. The molecule has 1 N–H and O–H groups in total. The fraction of sp³-hybridized carbons (Fsp3) is 0.273. The molecule has 1 heterocycles. The van der Waals surface area contributed by atoms with Crippen molar-refractivity contribution in [3.63, 3.8) is 0 Å². The van der Waals surface area contributed by atoms with Gasteiger partial charge in [0.05, 0.1) is 6.04 Å². The fourth-order valence-corrected chi connectivity index (χ4v) is 2.23. The van der Waals surface area contributed by atoms with Crippen molar-refractivity contribution in [3.8, 4) is 0 Å². The van der Waals surface area contributed by atoms with Gasteiger partial charge in [-0.25, -0.2) is 0 Å². The van der Waals surface area contributed by atoms with E-state index in [1.165, 1.54) is 16.9 Å². The Morgan fingerprint density at radius 3 is 3.00 bits per heavy atom. The molecular formula is C11H12ClN3S. The zero-order valence-corrected chi connectivity index (χ0v) is 10.4. The molecule has 16 heavy (non-hydrogen) atoms. The van der Waals surface area contributed by atoms with Crippen LogP contribution < -0.4 is 5.32 Å². The van der Waals surface area contributed by atoms with E-state index in [4.69, 9.17) is 11.6 Å². The first-order valence-electron chi connectivity index (χ1n) is 5.07. The minimum atomic E-state index is 0.228. The minimum absolute atomic E-state index is 0.228. The predicted molar refractivity (Wildman–Crippen MR) is 68.0 cm³/mol. The number of benzene rings is 1. The van der Waals surface area contributed by atoms with Crippen molar-refractivity contribution in [1.29, 1.82) is 0 Å². The number of anilines is 1. The highest BCUT2D eigenvalue weighted by molar-refractivity contribution is 7.13. The van der Waals surface area contributed by atoms with Crippen LogP contribution >= 0.6 is 22.9 Å². The van der Waals surface area contributed by atoms with Crippen LogP contribution in [0.5, 0.6) is 0 Å². The third-order valence-electron chi connectivity index (χ3n) is 2.32. The summed E-state index contributed by atoms with van der Waals surface area (Å²) in [6, 6.07) is 8.11. The Hall–Kier alpha value is -1.13. The molecule has 0 amide bonds. The van der Waals surface area contributed by atoms with E-state index in [0.717, 1.165) is 16.6 Å². The average molecular weight is 254 g/mol. The molecule has 84 valence electrons. The second-order valence-corrected chi connectivity index (χ2v) is 4.67. The average Bonchev–Trinajstić information content (AvgIpc) is 2.78. The van der Waals surface area contributed by atoms with Crippen LogP contribution in [0.2, 0.25) is 5.02 Å². The van der Waals surface area contributed by atoms with Gasteiger partial charge >= 0.3 is 0 Å². The lowest BCUT2D eigenvalue weighted by atomic mass is 10.1. The Balaban J connectivity index is 2.16. The number of nitrogens with one attached hydrogen (secondary N) is 1. The zero-order valence-electron chi connectivity index (χ0n) is 8.85. The summed E-state index contributed by atoms with van der Waals surface area (Å²) in [5.41, 5.74) is 2.89. The number of hydrogen-bond acceptors (Lipinski definition) is 4. The molecule has 3 nitrogen and oxygen atoms in total. The van der Waals surface area contributed by atoms with E-state index in [0.29, 0.717) is 0 Å². The first-order chi connectivity index (χ1) is 7.79. The summed E-state index contributed by atoms with van der Waals surface area (Å²) in [6.07, 6.45) is 0.972. The zero-order chi connectivity index (χ0) is 11.4. The van der Waals surface area contributed by atoms with E-state index >= 15 is 0 Å². The van der Waals surface area contributed by atoms with Crippen LogP contribution in [0, 0.1) is 0 Å². The van der Waals surface area contributed by atoms with E-state index < -0.39 is 0 Å². The van der Waals surface area contributed by atoms with E-state index in [9.17, 15) is 0 Å². The van der Waals surface area contributed by atoms with Gasteiger partial charge in [0, 0.05) is 5.02 Å². The van der Waals surface area contributed by atoms with Crippen LogP contribution in [0.1, 0.15) is 24.9 Å². The second kappa shape index (κ2) is 5.27. The van der Waals surface area contributed by atoms with Gasteiger partial charge < -0.3 is 5.32 Å². The summed E-state index contributed by atoms with van der Waals surface area (Å²) < 4.78 is 0. The SMILES string of the molecule is CCC(Nc1nncs1)c1cccc(Cl)c1. The van der Waals surface area contributed by atoms with Crippen molar-refractivity contribution in [2.24, 2.45) is 0 Å². The summed E-state index contributed by atoms with van der Waals surface area (Å²) in [4.78, 5) is 0. The van der Waals surface area contributed by atoms with Gasteiger partial charge in [-0.05, 0) is 24.1 Å². The van der Waals surface area contributed by atoms with Crippen LogP contribution in [0.15, 0.2) is 29.8 Å². The van der Waals surface area contributed by atoms with Gasteiger partial charge in [0.1, 0.15) is 5.51 Å². The Labute approximate surface area is 103 Å². The fourth-order valence-electron chi connectivity index (χ4n) is 1.53. The van der Waals surface area contributed by atoms with Crippen LogP contribution in [-0.2, 0) is 0 Å². The topological polar surface area (TPSA) is 37.8 Å².